The van der Waals surface area contributed by atoms with Crippen LogP contribution >= 0.6 is 11.6 Å². The molecule has 2 atom stereocenters. The van der Waals surface area contributed by atoms with Crippen molar-refractivity contribution < 1.29 is 23.1 Å². The number of rotatable bonds is 9. The number of guanidine groups is 1. The molecule has 2 aromatic carbocycles. The number of halogens is 3. The highest BCUT2D eigenvalue weighted by Crippen LogP contribution is 2.43. The van der Waals surface area contributed by atoms with Gasteiger partial charge >= 0.3 is 6.09 Å². The van der Waals surface area contributed by atoms with E-state index in [0.717, 1.165) is 28.9 Å². The first-order valence-corrected chi connectivity index (χ1v) is 17.0. The lowest BCUT2D eigenvalue weighted by Crippen LogP contribution is -2.58. The molecule has 13 heteroatoms. The summed E-state index contributed by atoms with van der Waals surface area (Å²) in [5, 5.41) is 17.3. The number of ether oxygens (including phenoxy) is 1. The number of nitrogens with one attached hydrogen (secondary N) is 2. The Labute approximate surface area is 293 Å². The Morgan fingerprint density at radius 2 is 1.84 bits per heavy atom. The zero-order chi connectivity index (χ0) is 35.4. The van der Waals surface area contributed by atoms with Gasteiger partial charge in [0.1, 0.15) is 12.1 Å². The monoisotopic (exact) mass is 701 g/mol. The third-order valence-electron chi connectivity index (χ3n) is 9.28. The Bertz CT molecular complexity index is 1930. The number of pyridine rings is 1. The Balaban J connectivity index is 1.25. The van der Waals surface area contributed by atoms with Crippen molar-refractivity contribution in [2.45, 2.75) is 63.6 Å². The lowest BCUT2D eigenvalue weighted by molar-refractivity contribution is -0.135. The fraction of sp³-hybridized carbons (Fsp3) is 0.378. The van der Waals surface area contributed by atoms with E-state index in [4.69, 9.17) is 16.3 Å². The van der Waals surface area contributed by atoms with E-state index in [1.165, 1.54) is 4.90 Å². The summed E-state index contributed by atoms with van der Waals surface area (Å²) in [5.41, 5.74) is 2.60. The van der Waals surface area contributed by atoms with Gasteiger partial charge in [0.15, 0.2) is 5.96 Å². The average molecular weight is 702 g/mol. The molecule has 2 aliphatic heterocycles. The van der Waals surface area contributed by atoms with Crippen molar-refractivity contribution in [3.8, 4) is 22.4 Å². The molecule has 0 radical (unpaired) electrons. The van der Waals surface area contributed by atoms with E-state index in [9.17, 15) is 23.8 Å². The van der Waals surface area contributed by atoms with E-state index in [1.54, 1.807) is 36.5 Å². The van der Waals surface area contributed by atoms with Crippen LogP contribution in [-0.2, 0) is 15.1 Å². The first-order chi connectivity index (χ1) is 23.7. The first kappa shape index (κ1) is 33.6. The number of nitrogens with zero attached hydrogens (tertiary/aromatic N) is 5. The van der Waals surface area contributed by atoms with Gasteiger partial charge in [0.05, 0.1) is 37.1 Å². The summed E-state index contributed by atoms with van der Waals surface area (Å²) in [7, 11) is 0. The number of carbonyl (C=O) groups is 2. The minimum atomic E-state index is -2.97. The second kappa shape index (κ2) is 12.5. The zero-order valence-electron chi connectivity index (χ0n) is 28.0. The van der Waals surface area contributed by atoms with Gasteiger partial charge in [0, 0.05) is 28.5 Å². The molecule has 4 aromatic rings. The summed E-state index contributed by atoms with van der Waals surface area (Å²) in [6.07, 6.45) is 7.18. The van der Waals surface area contributed by atoms with Crippen molar-refractivity contribution in [3.05, 3.63) is 95.4 Å². The molecule has 1 aliphatic carbocycles. The molecule has 4 heterocycles. The van der Waals surface area contributed by atoms with E-state index in [0.29, 0.717) is 39.9 Å². The van der Waals surface area contributed by atoms with E-state index in [2.05, 4.69) is 15.4 Å². The molecule has 0 spiro atoms. The summed E-state index contributed by atoms with van der Waals surface area (Å²) in [6.45, 7) is 4.20. The average Bonchev–Trinajstić information content (AvgIpc) is 3.74. The van der Waals surface area contributed by atoms with Crippen LogP contribution in [0.1, 0.15) is 63.2 Å². The number of hydrogen-bond donors (Lipinski definition) is 2. The third-order valence-corrected chi connectivity index (χ3v) is 9.61. The van der Waals surface area contributed by atoms with Crippen molar-refractivity contribution in [3.63, 3.8) is 0 Å². The van der Waals surface area contributed by atoms with Gasteiger partial charge in [0.25, 0.3) is 11.8 Å². The topological polar surface area (TPSA) is 116 Å². The van der Waals surface area contributed by atoms with Gasteiger partial charge < -0.3 is 10.1 Å². The zero-order valence-corrected chi connectivity index (χ0v) is 28.8. The van der Waals surface area contributed by atoms with E-state index < -0.39 is 49.2 Å². The van der Waals surface area contributed by atoms with Gasteiger partial charge in [-0.2, -0.15) is 5.10 Å². The van der Waals surface area contributed by atoms with Crippen molar-refractivity contribution in [1.29, 1.82) is 5.41 Å². The molecule has 3 fully saturated rings. The molecule has 50 heavy (non-hydrogen) atoms. The molecule has 7 rings (SSSR count). The Morgan fingerprint density at radius 3 is 2.48 bits per heavy atom. The third kappa shape index (κ3) is 6.56. The number of likely N-dealkylation sites (tertiary alicyclic amines) is 1. The lowest BCUT2D eigenvalue weighted by atomic mass is 9.75. The summed E-state index contributed by atoms with van der Waals surface area (Å²) < 4.78 is 34.7. The fourth-order valence-corrected chi connectivity index (χ4v) is 6.99. The molecule has 2 N–H and O–H groups in total. The van der Waals surface area contributed by atoms with E-state index in [-0.39, 0.29) is 11.4 Å². The number of carbonyl (C=O) groups excluding carboxylic acids is 2. The molecule has 0 unspecified atom stereocenters. The molecule has 2 amide bonds. The second-order valence-corrected chi connectivity index (χ2v) is 15.0. The van der Waals surface area contributed by atoms with Crippen LogP contribution in [0.15, 0.2) is 79.3 Å². The summed E-state index contributed by atoms with van der Waals surface area (Å²) in [4.78, 5) is 34.4. The molecule has 2 saturated heterocycles. The molecule has 3 aliphatic rings. The number of benzene rings is 2. The second-order valence-electron chi connectivity index (χ2n) is 14.6. The van der Waals surface area contributed by atoms with E-state index in [1.807, 2.05) is 68.2 Å². The quantitative estimate of drug-likeness (QED) is 0.188. The Morgan fingerprint density at radius 1 is 1.10 bits per heavy atom. The van der Waals surface area contributed by atoms with Crippen molar-refractivity contribution in [2.24, 2.45) is 5.41 Å². The Kier molecular flexibility index (Phi) is 8.40. The highest BCUT2D eigenvalue weighted by molar-refractivity contribution is 6.33. The SMILES string of the molecule is CC(C)(C)C[C@]1(c2ccc(-c3cnn(C4CC4)c3)cc2)NC(=N)N([C@H](COC(=O)N2CC(F)(F)C2)c2ccc(Cl)c(-c3ccccn3)c2)C1=O. The van der Waals surface area contributed by atoms with Crippen LogP contribution in [0.5, 0.6) is 0 Å². The molecule has 260 valence electrons. The van der Waals surface area contributed by atoms with Crippen LogP contribution in [-0.4, -0.2) is 68.1 Å². The van der Waals surface area contributed by atoms with E-state index >= 15 is 0 Å². The summed E-state index contributed by atoms with van der Waals surface area (Å²) in [6, 6.07) is 17.7. The van der Waals surface area contributed by atoms with Crippen LogP contribution in [0.2, 0.25) is 5.02 Å². The maximum atomic E-state index is 14.9. The number of hydrogen-bond acceptors (Lipinski definition) is 6. The Hall–Kier alpha value is -4.84. The van der Waals surface area contributed by atoms with Crippen LogP contribution in [0.4, 0.5) is 13.6 Å². The van der Waals surface area contributed by atoms with Gasteiger partial charge in [-0.1, -0.05) is 68.8 Å². The normalized spacial score (nSPS) is 20.8. The van der Waals surface area contributed by atoms with Crippen LogP contribution < -0.4 is 5.32 Å². The molecule has 2 aromatic heterocycles. The van der Waals surface area contributed by atoms with Crippen molar-refractivity contribution >= 4 is 29.6 Å². The number of amides is 2. The maximum Gasteiger partial charge on any atom is 0.410 e. The van der Waals surface area contributed by atoms with Gasteiger partial charge in [-0.05, 0) is 65.6 Å². The van der Waals surface area contributed by atoms with Gasteiger partial charge in [0.2, 0.25) is 0 Å². The standard InChI is InChI=1S/C37H38ClF2N7O3/c1-35(2,3)20-37(26-10-7-23(8-11-26)25-17-43-46(18-25)27-12-13-27)32(48)47(33(41)44-37)31(19-50-34(49)45-21-36(39,40)22-45)24-9-14-29(38)28(16-24)30-6-4-5-15-42-30/h4-11,14-18,27,31H,12-13,19-22H2,1-3H3,(H2,41,44)/t31-,37-/m1/s1. The van der Waals surface area contributed by atoms with Gasteiger partial charge in [-0.3, -0.25) is 29.7 Å². The first-order valence-electron chi connectivity index (χ1n) is 16.6. The van der Waals surface area contributed by atoms with Gasteiger partial charge in [-0.25, -0.2) is 13.6 Å². The lowest BCUT2D eigenvalue weighted by Gasteiger charge is -2.38. The fourth-order valence-electron chi connectivity index (χ4n) is 6.78. The number of aromatic nitrogens is 3. The predicted molar refractivity (Wildman–Crippen MR) is 185 cm³/mol. The molecular formula is C37H38ClF2N7O3. The summed E-state index contributed by atoms with van der Waals surface area (Å²) >= 11 is 6.61. The molecular weight excluding hydrogens is 664 g/mol. The van der Waals surface area contributed by atoms with Crippen LogP contribution in [0.3, 0.4) is 0 Å². The predicted octanol–water partition coefficient (Wildman–Crippen LogP) is 7.43. The maximum absolute atomic E-state index is 14.9. The number of alkyl halides is 2. The highest BCUT2D eigenvalue weighted by Gasteiger charge is 2.55. The van der Waals surface area contributed by atoms with Crippen LogP contribution in [0.25, 0.3) is 22.4 Å². The molecule has 10 nitrogen and oxygen atoms in total. The van der Waals surface area contributed by atoms with Crippen molar-refractivity contribution in [1.82, 2.24) is 29.9 Å². The smallest absolute Gasteiger partial charge is 0.410 e. The summed E-state index contributed by atoms with van der Waals surface area (Å²) in [5.74, 6) is -3.55. The highest BCUT2D eigenvalue weighted by atomic mass is 35.5. The minimum Gasteiger partial charge on any atom is -0.447 e. The minimum absolute atomic E-state index is 0.181. The van der Waals surface area contributed by atoms with Gasteiger partial charge in [-0.15, -0.1) is 0 Å². The van der Waals surface area contributed by atoms with Crippen molar-refractivity contribution in [2.75, 3.05) is 19.7 Å². The molecule has 1 saturated carbocycles. The van der Waals surface area contributed by atoms with Crippen LogP contribution in [0, 0.1) is 10.8 Å². The largest absolute Gasteiger partial charge is 0.447 e. The molecule has 0 bridgehead atoms.